The molecule has 2 N–H and O–H groups in total. The summed E-state index contributed by atoms with van der Waals surface area (Å²) in [6.45, 7) is 1.12. The molecule has 1 heterocycles. The number of carbonyl (C=O) groups is 1. The number of carbonyl (C=O) groups excluding carboxylic acids is 1. The highest BCUT2D eigenvalue weighted by Crippen LogP contribution is 2.29. The molecule has 0 spiro atoms. The number of hydrogen-bond donors (Lipinski definition) is 2. The van der Waals surface area contributed by atoms with Crippen molar-refractivity contribution in [3.63, 3.8) is 0 Å². The normalized spacial score (nSPS) is 18.9. The maximum Gasteiger partial charge on any atom is 0.416 e. The predicted molar refractivity (Wildman–Crippen MR) is 66.0 cm³/mol. The maximum atomic E-state index is 12.5. The van der Waals surface area contributed by atoms with Crippen LogP contribution in [0.3, 0.4) is 0 Å². The lowest BCUT2D eigenvalue weighted by Gasteiger charge is -2.13. The minimum absolute atomic E-state index is 0.0310. The van der Waals surface area contributed by atoms with Gasteiger partial charge in [0, 0.05) is 13.2 Å². The number of benzene rings is 1. The van der Waals surface area contributed by atoms with Crippen LogP contribution < -0.4 is 10.6 Å². The van der Waals surface area contributed by atoms with Crippen LogP contribution >= 0.6 is 0 Å². The van der Waals surface area contributed by atoms with Gasteiger partial charge in [0.05, 0.1) is 18.2 Å². The van der Waals surface area contributed by atoms with Crippen molar-refractivity contribution in [3.8, 4) is 0 Å². The molecule has 7 heteroatoms. The standard InChI is InChI=1S/C13H15F3N2O2/c14-13(15,16)10-3-1-2-9(6-10)7-17-12(19)18-11-4-5-20-8-11/h1-3,6,11H,4-5,7-8H2,(H2,17,18,19). The third-order valence-electron chi connectivity index (χ3n) is 2.97. The van der Waals surface area contributed by atoms with Crippen LogP contribution in [-0.4, -0.2) is 25.3 Å². The van der Waals surface area contributed by atoms with E-state index in [1.807, 2.05) is 0 Å². The summed E-state index contributed by atoms with van der Waals surface area (Å²) in [4.78, 5) is 11.6. The zero-order valence-corrected chi connectivity index (χ0v) is 10.7. The third kappa shape index (κ3) is 4.12. The van der Waals surface area contributed by atoms with Gasteiger partial charge in [0.2, 0.25) is 0 Å². The minimum Gasteiger partial charge on any atom is -0.379 e. The van der Waals surface area contributed by atoms with Crippen LogP contribution in [0.5, 0.6) is 0 Å². The first-order valence-electron chi connectivity index (χ1n) is 6.23. The monoisotopic (exact) mass is 288 g/mol. The van der Waals surface area contributed by atoms with E-state index in [9.17, 15) is 18.0 Å². The van der Waals surface area contributed by atoms with E-state index < -0.39 is 17.8 Å². The lowest BCUT2D eigenvalue weighted by atomic mass is 10.1. The van der Waals surface area contributed by atoms with Crippen LogP contribution in [0, 0.1) is 0 Å². The van der Waals surface area contributed by atoms with Crippen LogP contribution in [0.25, 0.3) is 0 Å². The van der Waals surface area contributed by atoms with Crippen LogP contribution in [0.4, 0.5) is 18.0 Å². The van der Waals surface area contributed by atoms with Gasteiger partial charge >= 0.3 is 12.2 Å². The smallest absolute Gasteiger partial charge is 0.379 e. The molecule has 1 saturated heterocycles. The first-order chi connectivity index (χ1) is 9.45. The molecule has 0 bridgehead atoms. The molecule has 2 rings (SSSR count). The van der Waals surface area contributed by atoms with E-state index in [1.54, 1.807) is 0 Å². The Labute approximate surface area is 114 Å². The Hall–Kier alpha value is -1.76. The van der Waals surface area contributed by atoms with Gasteiger partial charge in [-0.25, -0.2) is 4.79 Å². The van der Waals surface area contributed by atoms with Crippen molar-refractivity contribution in [2.24, 2.45) is 0 Å². The number of hydrogen-bond acceptors (Lipinski definition) is 2. The van der Waals surface area contributed by atoms with E-state index in [4.69, 9.17) is 4.74 Å². The Morgan fingerprint density at radius 3 is 2.85 bits per heavy atom. The molecule has 2 amide bonds. The summed E-state index contributed by atoms with van der Waals surface area (Å²) in [5, 5.41) is 5.23. The van der Waals surface area contributed by atoms with E-state index in [2.05, 4.69) is 10.6 Å². The lowest BCUT2D eigenvalue weighted by Crippen LogP contribution is -2.42. The van der Waals surface area contributed by atoms with Gasteiger partial charge in [-0.3, -0.25) is 0 Å². The summed E-state index contributed by atoms with van der Waals surface area (Å²) in [7, 11) is 0. The lowest BCUT2D eigenvalue weighted by molar-refractivity contribution is -0.137. The van der Waals surface area contributed by atoms with Gasteiger partial charge in [-0.05, 0) is 24.1 Å². The topological polar surface area (TPSA) is 50.4 Å². The second-order valence-corrected chi connectivity index (χ2v) is 4.59. The van der Waals surface area contributed by atoms with E-state index in [-0.39, 0.29) is 12.6 Å². The Kier molecular flexibility index (Phi) is 4.49. The fourth-order valence-corrected chi connectivity index (χ4v) is 1.92. The molecule has 1 atom stereocenters. The van der Waals surface area contributed by atoms with Crippen molar-refractivity contribution in [3.05, 3.63) is 35.4 Å². The minimum atomic E-state index is -4.38. The Balaban J connectivity index is 1.85. The number of nitrogens with one attached hydrogen (secondary N) is 2. The van der Waals surface area contributed by atoms with E-state index in [1.165, 1.54) is 12.1 Å². The molecule has 1 unspecified atom stereocenters. The molecule has 0 saturated carbocycles. The van der Waals surface area contributed by atoms with Crippen molar-refractivity contribution in [1.29, 1.82) is 0 Å². The summed E-state index contributed by atoms with van der Waals surface area (Å²) in [5.74, 6) is 0. The maximum absolute atomic E-state index is 12.5. The van der Waals surface area contributed by atoms with Crippen molar-refractivity contribution in [2.75, 3.05) is 13.2 Å². The Morgan fingerprint density at radius 2 is 2.20 bits per heavy atom. The van der Waals surface area contributed by atoms with Crippen molar-refractivity contribution >= 4 is 6.03 Å². The van der Waals surface area contributed by atoms with E-state index >= 15 is 0 Å². The predicted octanol–water partition coefficient (Wildman–Crippen LogP) is 2.29. The summed E-state index contributed by atoms with van der Waals surface area (Å²) >= 11 is 0. The van der Waals surface area contributed by atoms with E-state index in [0.717, 1.165) is 18.6 Å². The zero-order chi connectivity index (χ0) is 14.6. The second kappa shape index (κ2) is 6.13. The van der Waals surface area contributed by atoms with Crippen molar-refractivity contribution < 1.29 is 22.7 Å². The molecule has 0 aromatic heterocycles. The fraction of sp³-hybridized carbons (Fsp3) is 0.462. The van der Waals surface area contributed by atoms with Crippen LogP contribution in [0.1, 0.15) is 17.5 Å². The molecule has 1 aliphatic rings. The fourth-order valence-electron chi connectivity index (χ4n) is 1.92. The molecule has 4 nitrogen and oxygen atoms in total. The van der Waals surface area contributed by atoms with Gasteiger partial charge < -0.3 is 15.4 Å². The van der Waals surface area contributed by atoms with Gasteiger partial charge in [-0.1, -0.05) is 12.1 Å². The molecule has 1 aliphatic heterocycles. The highest BCUT2D eigenvalue weighted by atomic mass is 19.4. The quantitative estimate of drug-likeness (QED) is 0.896. The molecule has 110 valence electrons. The summed E-state index contributed by atoms with van der Waals surface area (Å²) < 4.78 is 42.7. The molecular formula is C13H15F3N2O2. The van der Waals surface area contributed by atoms with Crippen LogP contribution in [-0.2, 0) is 17.5 Å². The number of ether oxygens (including phenoxy) is 1. The number of alkyl halides is 3. The first-order valence-corrected chi connectivity index (χ1v) is 6.23. The van der Waals surface area contributed by atoms with Crippen LogP contribution in [0.15, 0.2) is 24.3 Å². The average molecular weight is 288 g/mol. The van der Waals surface area contributed by atoms with Crippen molar-refractivity contribution in [2.45, 2.75) is 25.2 Å². The largest absolute Gasteiger partial charge is 0.416 e. The SMILES string of the molecule is O=C(NCc1cccc(C(F)(F)F)c1)NC1CCOC1. The molecular weight excluding hydrogens is 273 g/mol. The first kappa shape index (κ1) is 14.6. The van der Waals surface area contributed by atoms with E-state index in [0.29, 0.717) is 18.8 Å². The molecule has 0 radical (unpaired) electrons. The third-order valence-corrected chi connectivity index (χ3v) is 2.97. The molecule has 1 fully saturated rings. The second-order valence-electron chi connectivity index (χ2n) is 4.59. The Bertz CT molecular complexity index is 471. The van der Waals surface area contributed by atoms with Gasteiger partial charge in [-0.15, -0.1) is 0 Å². The highest BCUT2D eigenvalue weighted by molar-refractivity contribution is 5.74. The average Bonchev–Trinajstić information content (AvgIpc) is 2.88. The number of rotatable bonds is 3. The molecule has 1 aromatic carbocycles. The number of amides is 2. The number of halogens is 3. The van der Waals surface area contributed by atoms with Gasteiger partial charge in [0.15, 0.2) is 0 Å². The molecule has 20 heavy (non-hydrogen) atoms. The highest BCUT2D eigenvalue weighted by Gasteiger charge is 2.30. The summed E-state index contributed by atoms with van der Waals surface area (Å²) in [6, 6.07) is 4.45. The zero-order valence-electron chi connectivity index (χ0n) is 10.7. The summed E-state index contributed by atoms with van der Waals surface area (Å²) in [6.07, 6.45) is -3.63. The summed E-state index contributed by atoms with van der Waals surface area (Å²) in [5.41, 5.74) is -0.320. The Morgan fingerprint density at radius 1 is 1.40 bits per heavy atom. The van der Waals surface area contributed by atoms with Crippen molar-refractivity contribution in [1.82, 2.24) is 10.6 Å². The number of urea groups is 1. The van der Waals surface area contributed by atoms with Gasteiger partial charge in [0.25, 0.3) is 0 Å². The van der Waals surface area contributed by atoms with Gasteiger partial charge in [-0.2, -0.15) is 13.2 Å². The molecule has 1 aromatic rings. The van der Waals surface area contributed by atoms with Gasteiger partial charge in [0.1, 0.15) is 0 Å². The molecule has 0 aliphatic carbocycles. The van der Waals surface area contributed by atoms with Crippen LogP contribution in [0.2, 0.25) is 0 Å².